The molecule has 1 unspecified atom stereocenters. The van der Waals surface area contributed by atoms with Crippen LogP contribution in [0, 0.1) is 0 Å². The maximum atomic E-state index is 4.72. The molecule has 5 nitrogen and oxygen atoms in total. The number of nitrogens with one attached hydrogen (secondary N) is 2. The van der Waals surface area contributed by atoms with E-state index in [9.17, 15) is 0 Å². The van der Waals surface area contributed by atoms with Crippen molar-refractivity contribution in [1.82, 2.24) is 20.6 Å². The number of para-hydroxylation sites is 1. The average molecular weight is 267 g/mol. The molecule has 0 fully saturated rings. The van der Waals surface area contributed by atoms with Crippen LogP contribution >= 0.6 is 0 Å². The van der Waals surface area contributed by atoms with Crippen LogP contribution in [-0.2, 0) is 12.1 Å². The van der Waals surface area contributed by atoms with Crippen molar-refractivity contribution in [2.24, 2.45) is 4.99 Å². The molecule has 0 aliphatic carbocycles. The van der Waals surface area contributed by atoms with Gasteiger partial charge in [-0.15, -0.1) is 0 Å². The number of aliphatic imine (C=N–C) groups is 1. The van der Waals surface area contributed by atoms with Gasteiger partial charge in [0.2, 0.25) is 0 Å². The van der Waals surface area contributed by atoms with Crippen LogP contribution in [0.4, 0.5) is 0 Å². The van der Waals surface area contributed by atoms with Gasteiger partial charge in [0, 0.05) is 24.2 Å². The lowest BCUT2D eigenvalue weighted by Gasteiger charge is -2.32. The van der Waals surface area contributed by atoms with E-state index in [0.29, 0.717) is 0 Å². The Morgan fingerprint density at radius 3 is 2.80 bits per heavy atom. The lowest BCUT2D eigenvalue weighted by molar-refractivity contribution is 0.434. The number of nitrogens with zero attached hydrogens (tertiary/aromatic N) is 3. The molecular formula is C15H17N5. The highest BCUT2D eigenvalue weighted by Gasteiger charge is 2.32. The number of hydrogen-bond donors (Lipinski definition) is 2. The van der Waals surface area contributed by atoms with E-state index in [4.69, 9.17) is 4.98 Å². The summed E-state index contributed by atoms with van der Waals surface area (Å²) in [4.78, 5) is 13.6. The smallest absolute Gasteiger partial charge is 0.169 e. The minimum Gasteiger partial charge on any atom is -0.362 e. The highest BCUT2D eigenvalue weighted by Crippen LogP contribution is 2.25. The molecule has 102 valence electrons. The van der Waals surface area contributed by atoms with E-state index in [-0.39, 0.29) is 0 Å². The zero-order valence-corrected chi connectivity index (χ0v) is 11.6. The average Bonchev–Trinajstić information content (AvgIpc) is 2.54. The molecule has 1 aromatic heterocycles. The third kappa shape index (κ3) is 1.96. The Hall–Kier alpha value is -2.27. The number of aromatic nitrogens is 2. The van der Waals surface area contributed by atoms with Crippen molar-refractivity contribution < 1.29 is 0 Å². The Labute approximate surface area is 117 Å². The molecule has 1 atom stereocenters. The van der Waals surface area contributed by atoms with E-state index in [0.717, 1.165) is 28.8 Å². The van der Waals surface area contributed by atoms with Crippen molar-refractivity contribution in [3.8, 4) is 0 Å². The zero-order chi connectivity index (χ0) is 14.0. The maximum absolute atomic E-state index is 4.72. The van der Waals surface area contributed by atoms with Gasteiger partial charge in [0.15, 0.2) is 5.66 Å². The van der Waals surface area contributed by atoms with E-state index < -0.39 is 5.66 Å². The normalized spacial score (nSPS) is 21.1. The maximum Gasteiger partial charge on any atom is 0.169 e. The van der Waals surface area contributed by atoms with Crippen molar-refractivity contribution in [3.63, 3.8) is 0 Å². The topological polar surface area (TPSA) is 62.2 Å². The summed E-state index contributed by atoms with van der Waals surface area (Å²) in [5.41, 5.74) is 1.26. The van der Waals surface area contributed by atoms with Crippen LogP contribution in [0.1, 0.15) is 18.4 Å². The Morgan fingerprint density at radius 1 is 1.25 bits per heavy atom. The molecule has 0 bridgehead atoms. The molecule has 2 aromatic rings. The van der Waals surface area contributed by atoms with E-state index >= 15 is 0 Å². The second-order valence-corrected chi connectivity index (χ2v) is 4.66. The van der Waals surface area contributed by atoms with Crippen LogP contribution in [0.5, 0.6) is 0 Å². The standard InChI is InChI=1S/C15H17N5/c1-3-13-19-12-7-5-4-6-11(12)14(20-13)15(16-2)10-17-8-9-18-15/h4-10,16,18H,3H2,1-2H3. The van der Waals surface area contributed by atoms with Crippen LogP contribution in [0.15, 0.2) is 41.7 Å². The van der Waals surface area contributed by atoms with Gasteiger partial charge in [-0.25, -0.2) is 9.97 Å². The lowest BCUT2D eigenvalue weighted by atomic mass is 10.0. The van der Waals surface area contributed by atoms with Gasteiger partial charge in [-0.2, -0.15) is 0 Å². The molecule has 1 aliphatic heterocycles. The van der Waals surface area contributed by atoms with E-state index in [1.54, 1.807) is 6.20 Å². The van der Waals surface area contributed by atoms with Gasteiger partial charge in [0.1, 0.15) is 5.82 Å². The number of benzene rings is 1. The first kappa shape index (κ1) is 12.7. The monoisotopic (exact) mass is 267 g/mol. The summed E-state index contributed by atoms with van der Waals surface area (Å²) in [6, 6.07) is 8.04. The molecule has 0 spiro atoms. The summed E-state index contributed by atoms with van der Waals surface area (Å²) >= 11 is 0. The first-order chi connectivity index (χ1) is 9.79. The van der Waals surface area contributed by atoms with Gasteiger partial charge in [-0.05, 0) is 13.1 Å². The number of fused-ring (bicyclic) bond motifs is 1. The van der Waals surface area contributed by atoms with Crippen LogP contribution in [-0.4, -0.2) is 23.2 Å². The minimum absolute atomic E-state index is 0.596. The summed E-state index contributed by atoms with van der Waals surface area (Å²) in [5.74, 6) is 0.832. The fourth-order valence-corrected chi connectivity index (χ4v) is 2.37. The first-order valence-corrected chi connectivity index (χ1v) is 6.71. The molecule has 0 saturated carbocycles. The first-order valence-electron chi connectivity index (χ1n) is 6.71. The molecule has 2 heterocycles. The third-order valence-electron chi connectivity index (χ3n) is 3.47. The summed E-state index contributed by atoms with van der Waals surface area (Å²) in [5, 5.41) is 7.61. The molecule has 1 aliphatic rings. The number of rotatable bonds is 3. The number of hydrogen-bond acceptors (Lipinski definition) is 5. The fraction of sp³-hybridized carbons (Fsp3) is 0.267. The predicted molar refractivity (Wildman–Crippen MR) is 80.4 cm³/mol. The van der Waals surface area contributed by atoms with Gasteiger partial charge >= 0.3 is 0 Å². The quantitative estimate of drug-likeness (QED) is 0.888. The molecular weight excluding hydrogens is 250 g/mol. The molecule has 20 heavy (non-hydrogen) atoms. The van der Waals surface area contributed by atoms with E-state index in [2.05, 4.69) is 27.5 Å². The molecule has 0 radical (unpaired) electrons. The van der Waals surface area contributed by atoms with Crippen molar-refractivity contribution >= 4 is 17.1 Å². The lowest BCUT2D eigenvalue weighted by Crippen LogP contribution is -2.53. The van der Waals surface area contributed by atoms with Gasteiger partial charge in [-0.1, -0.05) is 25.1 Å². The third-order valence-corrected chi connectivity index (χ3v) is 3.47. The van der Waals surface area contributed by atoms with E-state index in [1.165, 1.54) is 0 Å². The predicted octanol–water partition coefficient (Wildman–Crippen LogP) is 1.71. The molecule has 3 rings (SSSR count). The second kappa shape index (κ2) is 5.02. The van der Waals surface area contributed by atoms with Crippen molar-refractivity contribution in [2.45, 2.75) is 19.0 Å². The van der Waals surface area contributed by atoms with Crippen molar-refractivity contribution in [1.29, 1.82) is 0 Å². The van der Waals surface area contributed by atoms with Gasteiger partial charge in [-0.3, -0.25) is 10.3 Å². The summed E-state index contributed by atoms with van der Waals surface area (Å²) < 4.78 is 0. The second-order valence-electron chi connectivity index (χ2n) is 4.66. The number of aryl methyl sites for hydroxylation is 1. The van der Waals surface area contributed by atoms with Crippen LogP contribution in [0.25, 0.3) is 10.9 Å². The summed E-state index contributed by atoms with van der Waals surface area (Å²) in [6.45, 7) is 2.06. The molecule has 0 amide bonds. The largest absolute Gasteiger partial charge is 0.362 e. The molecule has 1 aromatic carbocycles. The summed E-state index contributed by atoms with van der Waals surface area (Å²) in [7, 11) is 1.89. The Morgan fingerprint density at radius 2 is 2.10 bits per heavy atom. The van der Waals surface area contributed by atoms with Crippen LogP contribution in [0.2, 0.25) is 0 Å². The minimum atomic E-state index is -0.596. The van der Waals surface area contributed by atoms with Crippen molar-refractivity contribution in [3.05, 3.63) is 48.2 Å². The molecule has 2 N–H and O–H groups in total. The van der Waals surface area contributed by atoms with Gasteiger partial charge < -0.3 is 5.32 Å². The SMILES string of the molecule is CCc1nc(C2(NC)C=NC=CN2)c2ccccc2n1. The molecule has 5 heteroatoms. The Kier molecular flexibility index (Phi) is 3.20. The van der Waals surface area contributed by atoms with Gasteiger partial charge in [0.25, 0.3) is 0 Å². The van der Waals surface area contributed by atoms with Crippen molar-refractivity contribution in [2.75, 3.05) is 7.05 Å². The Balaban J connectivity index is 2.28. The van der Waals surface area contributed by atoms with E-state index in [1.807, 2.05) is 43.7 Å². The fourth-order valence-electron chi connectivity index (χ4n) is 2.37. The van der Waals surface area contributed by atoms with Crippen LogP contribution in [0.3, 0.4) is 0 Å². The highest BCUT2D eigenvalue weighted by atomic mass is 15.2. The highest BCUT2D eigenvalue weighted by molar-refractivity contribution is 5.87. The zero-order valence-electron chi connectivity index (χ0n) is 11.6. The molecule has 0 saturated heterocycles. The Bertz CT molecular complexity index is 692. The summed E-state index contributed by atoms with van der Waals surface area (Å²) in [6.07, 6.45) is 6.17. The van der Waals surface area contributed by atoms with Crippen LogP contribution < -0.4 is 10.6 Å². The van der Waals surface area contributed by atoms with Gasteiger partial charge in [0.05, 0.1) is 17.4 Å².